The number of carbonyl (C=O) groups is 1. The van der Waals surface area contributed by atoms with Gasteiger partial charge in [-0.15, -0.1) is 0 Å². The number of carbonyl (C=O) groups excluding carboxylic acids is 1. The Morgan fingerprint density at radius 2 is 2.15 bits per heavy atom. The molecule has 1 atom stereocenters. The number of likely N-dealkylation sites (N-methyl/N-ethyl adjacent to an activating group) is 1. The Labute approximate surface area is 83.5 Å². The van der Waals surface area contributed by atoms with Crippen LogP contribution in [0.25, 0.3) is 0 Å². The Morgan fingerprint density at radius 1 is 1.54 bits per heavy atom. The standard InChI is InChI=1S/C11H23NO/c1-6-7-10(13)9(12-5)8-11(2,3)4/h9,12H,6-8H2,1-5H3/i5T. The van der Waals surface area contributed by atoms with Crippen molar-refractivity contribution in [3.05, 3.63) is 0 Å². The highest BCUT2D eigenvalue weighted by Crippen LogP contribution is 2.21. The summed E-state index contributed by atoms with van der Waals surface area (Å²) < 4.78 is 7.10. The van der Waals surface area contributed by atoms with Crippen LogP contribution in [0.1, 0.15) is 48.3 Å². The Morgan fingerprint density at radius 3 is 2.54 bits per heavy atom. The van der Waals surface area contributed by atoms with Crippen LogP contribution in [0.4, 0.5) is 0 Å². The highest BCUT2D eigenvalue weighted by atomic mass is 16.1. The molecular weight excluding hydrogens is 162 g/mol. The molecule has 0 aromatic rings. The molecular formula is C11H23NO. The summed E-state index contributed by atoms with van der Waals surface area (Å²) in [5, 5.41) is 2.94. The van der Waals surface area contributed by atoms with E-state index in [0.29, 0.717) is 6.42 Å². The van der Waals surface area contributed by atoms with E-state index in [1.807, 2.05) is 6.92 Å². The molecule has 0 amide bonds. The third kappa shape index (κ3) is 5.81. The van der Waals surface area contributed by atoms with Crippen molar-refractivity contribution in [2.75, 3.05) is 7.02 Å². The zero-order chi connectivity index (χ0) is 11.2. The van der Waals surface area contributed by atoms with E-state index in [1.165, 1.54) is 0 Å². The van der Waals surface area contributed by atoms with Crippen molar-refractivity contribution in [3.8, 4) is 0 Å². The van der Waals surface area contributed by atoms with Gasteiger partial charge in [-0.3, -0.25) is 4.79 Å². The summed E-state index contributed by atoms with van der Waals surface area (Å²) in [6.45, 7) is 8.35. The number of hydrogen-bond donors (Lipinski definition) is 1. The number of rotatable bonds is 5. The van der Waals surface area contributed by atoms with Gasteiger partial charge in [0.2, 0.25) is 0 Å². The largest absolute Gasteiger partial charge is 0.311 e. The van der Waals surface area contributed by atoms with Crippen molar-refractivity contribution in [3.63, 3.8) is 0 Å². The lowest BCUT2D eigenvalue weighted by Gasteiger charge is -2.24. The van der Waals surface area contributed by atoms with Crippen molar-refractivity contribution < 1.29 is 6.17 Å². The topological polar surface area (TPSA) is 29.1 Å². The molecule has 0 bridgehead atoms. The molecule has 0 heterocycles. The Kier molecular flexibility index (Phi) is 4.43. The zero-order valence-electron chi connectivity index (χ0n) is 10.3. The van der Waals surface area contributed by atoms with Crippen LogP contribution in [-0.2, 0) is 4.79 Å². The van der Waals surface area contributed by atoms with Gasteiger partial charge in [-0.2, -0.15) is 0 Å². The first-order chi connectivity index (χ1) is 6.40. The van der Waals surface area contributed by atoms with Crippen molar-refractivity contribution in [2.24, 2.45) is 5.41 Å². The molecule has 0 rings (SSSR count). The fourth-order valence-electron chi connectivity index (χ4n) is 1.33. The van der Waals surface area contributed by atoms with Gasteiger partial charge in [-0.05, 0) is 25.3 Å². The number of nitrogens with one attached hydrogen (secondary N) is 1. The Balaban J connectivity index is 4.21. The molecule has 0 aliphatic heterocycles. The average Bonchev–Trinajstić information content (AvgIpc) is 2.01. The second kappa shape index (κ2) is 5.38. The molecule has 0 spiro atoms. The molecule has 2 heteroatoms. The molecule has 0 aromatic carbocycles. The van der Waals surface area contributed by atoms with Crippen molar-refractivity contribution >= 4 is 5.78 Å². The van der Waals surface area contributed by atoms with E-state index in [2.05, 4.69) is 26.1 Å². The predicted molar refractivity (Wildman–Crippen MR) is 56.8 cm³/mol. The monoisotopic (exact) mass is 187 g/mol. The summed E-state index contributed by atoms with van der Waals surface area (Å²) in [5.41, 5.74) is 0.135. The summed E-state index contributed by atoms with van der Waals surface area (Å²) in [7, 11) is 0.121. The Bertz CT molecular complexity index is 175. The van der Waals surface area contributed by atoms with Gasteiger partial charge >= 0.3 is 0 Å². The maximum atomic E-state index is 11.7. The first-order valence-electron chi connectivity index (χ1n) is 5.66. The van der Waals surface area contributed by atoms with Gasteiger partial charge in [0.05, 0.1) is 6.04 Å². The minimum atomic E-state index is -0.132. The zero-order valence-corrected chi connectivity index (χ0v) is 9.31. The van der Waals surface area contributed by atoms with Gasteiger partial charge in [0, 0.05) is 7.79 Å². The lowest BCUT2D eigenvalue weighted by atomic mass is 9.86. The molecule has 0 aromatic heterocycles. The molecule has 0 aliphatic rings. The van der Waals surface area contributed by atoms with Crippen LogP contribution in [0.2, 0.25) is 0 Å². The van der Waals surface area contributed by atoms with E-state index < -0.39 is 0 Å². The van der Waals surface area contributed by atoms with Crippen LogP contribution in [0.3, 0.4) is 0 Å². The SMILES string of the molecule is [3H]CNC(CC(C)(C)C)C(=O)CCC. The highest BCUT2D eigenvalue weighted by molar-refractivity contribution is 5.83. The van der Waals surface area contributed by atoms with Crippen LogP contribution in [0, 0.1) is 5.41 Å². The lowest BCUT2D eigenvalue weighted by molar-refractivity contribution is -0.121. The normalized spacial score (nSPS) is 15.2. The molecule has 2 nitrogen and oxygen atoms in total. The summed E-state index contributed by atoms with van der Waals surface area (Å²) >= 11 is 0. The highest BCUT2D eigenvalue weighted by Gasteiger charge is 2.22. The molecule has 1 N–H and O–H groups in total. The van der Waals surface area contributed by atoms with Gasteiger partial charge in [0.15, 0.2) is 0 Å². The fraction of sp³-hybridized carbons (Fsp3) is 0.909. The van der Waals surface area contributed by atoms with E-state index in [1.54, 1.807) is 0 Å². The first kappa shape index (κ1) is 10.7. The summed E-state index contributed by atoms with van der Waals surface area (Å²) in [6.07, 6.45) is 2.32. The maximum absolute atomic E-state index is 11.7. The molecule has 78 valence electrons. The van der Waals surface area contributed by atoms with Crippen molar-refractivity contribution in [2.45, 2.75) is 53.0 Å². The average molecular weight is 187 g/mol. The molecule has 1 unspecified atom stereocenters. The first-order valence-corrected chi connectivity index (χ1v) is 4.96. The van der Waals surface area contributed by atoms with E-state index in [9.17, 15) is 4.79 Å². The van der Waals surface area contributed by atoms with E-state index >= 15 is 0 Å². The third-order valence-electron chi connectivity index (χ3n) is 1.95. The number of Topliss-reactive ketones (excluding diaryl/α,β-unsaturated/α-hetero) is 1. The second-order valence-corrected chi connectivity index (χ2v) is 4.74. The van der Waals surface area contributed by atoms with Crippen LogP contribution < -0.4 is 5.32 Å². The van der Waals surface area contributed by atoms with Gasteiger partial charge < -0.3 is 5.32 Å². The smallest absolute Gasteiger partial charge is 0.149 e. The lowest BCUT2D eigenvalue weighted by Crippen LogP contribution is -2.37. The van der Waals surface area contributed by atoms with Crippen molar-refractivity contribution in [1.82, 2.24) is 5.32 Å². The van der Waals surface area contributed by atoms with E-state index in [-0.39, 0.29) is 24.3 Å². The second-order valence-electron chi connectivity index (χ2n) is 4.74. The van der Waals surface area contributed by atoms with Crippen LogP contribution in [0.5, 0.6) is 0 Å². The minimum absolute atomic E-state index is 0.121. The van der Waals surface area contributed by atoms with Crippen LogP contribution >= 0.6 is 0 Å². The quantitative estimate of drug-likeness (QED) is 0.716. The molecule has 13 heavy (non-hydrogen) atoms. The van der Waals surface area contributed by atoms with Gasteiger partial charge in [0.1, 0.15) is 5.78 Å². The van der Waals surface area contributed by atoms with Crippen molar-refractivity contribution in [1.29, 1.82) is 0 Å². The predicted octanol–water partition coefficient (Wildman–Crippen LogP) is 2.38. The Hall–Kier alpha value is -0.370. The van der Waals surface area contributed by atoms with Gasteiger partial charge in [-0.1, -0.05) is 27.7 Å². The fourth-order valence-corrected chi connectivity index (χ4v) is 1.33. The molecule has 0 aliphatic carbocycles. The summed E-state index contributed by atoms with van der Waals surface area (Å²) in [5.74, 6) is 0.245. The molecule has 0 radical (unpaired) electrons. The summed E-state index contributed by atoms with van der Waals surface area (Å²) in [6, 6.07) is -0.132. The van der Waals surface area contributed by atoms with E-state index in [4.69, 9.17) is 1.37 Å². The van der Waals surface area contributed by atoms with Crippen LogP contribution in [-0.4, -0.2) is 18.8 Å². The third-order valence-corrected chi connectivity index (χ3v) is 1.95. The molecule has 0 fully saturated rings. The minimum Gasteiger partial charge on any atom is -0.311 e. The molecule has 0 saturated heterocycles. The number of ketones is 1. The van der Waals surface area contributed by atoms with Crippen LogP contribution in [0.15, 0.2) is 0 Å². The molecule has 0 saturated carbocycles. The maximum Gasteiger partial charge on any atom is 0.149 e. The van der Waals surface area contributed by atoms with E-state index in [0.717, 1.165) is 12.8 Å². The van der Waals surface area contributed by atoms with Gasteiger partial charge in [-0.25, -0.2) is 0 Å². The summed E-state index contributed by atoms with van der Waals surface area (Å²) in [4.78, 5) is 11.7. The number of hydrogen-bond acceptors (Lipinski definition) is 2. The van der Waals surface area contributed by atoms with Gasteiger partial charge in [0.25, 0.3) is 0 Å².